The molecule has 1 fully saturated rings. The van der Waals surface area contributed by atoms with E-state index in [1.807, 2.05) is 48.5 Å². The lowest BCUT2D eigenvalue weighted by Gasteiger charge is -2.23. The third kappa shape index (κ3) is 3.29. The number of rotatable bonds is 3. The van der Waals surface area contributed by atoms with Crippen LogP contribution in [0.15, 0.2) is 71.9 Å². The molecule has 2 aromatic carbocycles. The van der Waals surface area contributed by atoms with E-state index < -0.39 is 0 Å². The van der Waals surface area contributed by atoms with Crippen LogP contribution in [-0.4, -0.2) is 25.9 Å². The fourth-order valence-electron chi connectivity index (χ4n) is 3.02. The van der Waals surface area contributed by atoms with Gasteiger partial charge in [-0.1, -0.05) is 60.7 Å². The summed E-state index contributed by atoms with van der Waals surface area (Å²) in [5.74, 6) is 1.31. The van der Waals surface area contributed by atoms with Gasteiger partial charge < -0.3 is 10.7 Å². The molecule has 1 saturated heterocycles. The van der Waals surface area contributed by atoms with E-state index in [9.17, 15) is 0 Å². The molecule has 0 saturated carbocycles. The third-order valence-corrected chi connectivity index (χ3v) is 4.45. The zero-order valence-electron chi connectivity index (χ0n) is 14.0. The second kappa shape index (κ2) is 6.97. The number of thiocarbonyl (C=S) groups is 1. The quantitative estimate of drug-likeness (QED) is 0.623. The average molecular weight is 362 g/mol. The number of aromatic amines is 1. The number of hydrogen-bond acceptors (Lipinski definition) is 3. The molecular weight excluding hydrogens is 344 g/mol. The monoisotopic (exact) mass is 362 g/mol. The maximum Gasteiger partial charge on any atom is 0.229 e. The van der Waals surface area contributed by atoms with Gasteiger partial charge in [0.15, 0.2) is 5.11 Å². The van der Waals surface area contributed by atoms with Gasteiger partial charge in [0.05, 0.1) is 17.9 Å². The molecule has 0 aliphatic carbocycles. The van der Waals surface area contributed by atoms with Gasteiger partial charge in [-0.25, -0.2) is 4.98 Å². The average Bonchev–Trinajstić information content (AvgIpc) is 3.31. The number of nitrogens with two attached hydrogens (primary N) is 1. The lowest BCUT2D eigenvalue weighted by atomic mass is 10.0. The van der Waals surface area contributed by atoms with E-state index in [4.69, 9.17) is 18.0 Å². The van der Waals surface area contributed by atoms with Crippen LogP contribution in [-0.2, 0) is 0 Å². The van der Waals surface area contributed by atoms with Crippen LogP contribution in [0, 0.1) is 0 Å². The van der Waals surface area contributed by atoms with Crippen molar-refractivity contribution in [2.75, 3.05) is 0 Å². The first-order valence-corrected chi connectivity index (χ1v) is 8.70. The van der Waals surface area contributed by atoms with E-state index in [0.29, 0.717) is 12.4 Å². The van der Waals surface area contributed by atoms with E-state index >= 15 is 0 Å². The normalized spacial score (nSPS) is 18.1. The van der Waals surface area contributed by atoms with Crippen LogP contribution in [0.3, 0.4) is 0 Å². The molecule has 6 nitrogen and oxygen atoms in total. The van der Waals surface area contributed by atoms with Gasteiger partial charge in [-0.2, -0.15) is 4.99 Å². The lowest BCUT2D eigenvalue weighted by Crippen LogP contribution is -2.43. The Balaban J connectivity index is 1.58. The second-order valence-electron chi connectivity index (χ2n) is 6.00. The van der Waals surface area contributed by atoms with Crippen molar-refractivity contribution in [2.45, 2.75) is 12.5 Å². The summed E-state index contributed by atoms with van der Waals surface area (Å²) in [7, 11) is 0. The molecule has 0 amide bonds. The predicted octanol–water partition coefficient (Wildman–Crippen LogP) is 3.30. The van der Waals surface area contributed by atoms with Crippen LogP contribution in [0.25, 0.3) is 11.3 Å². The molecule has 0 spiro atoms. The first-order chi connectivity index (χ1) is 12.7. The number of benzene rings is 2. The Hall–Kier alpha value is -3.19. The molecule has 4 rings (SSSR count). The summed E-state index contributed by atoms with van der Waals surface area (Å²) >= 11 is 5.18. The molecular formula is C19H18N6S. The number of nitrogens with zero attached hydrogens (tertiary/aromatic N) is 3. The standard InChI is InChI=1S/C19H18N6S/c20-18(26)25-16(14-9-5-2-6-10-14)11-17(24-25)23-19-21-12-15(22-19)13-7-3-1-4-8-13/h1-10,12,16H,11H2,(H2,20,26)(H2,21,22,23,24)/t16-/m1/s1. The molecule has 1 aliphatic rings. The van der Waals surface area contributed by atoms with E-state index in [0.717, 1.165) is 22.7 Å². The molecule has 1 aromatic heterocycles. The van der Waals surface area contributed by atoms with Crippen molar-refractivity contribution in [3.8, 4) is 11.3 Å². The third-order valence-electron chi connectivity index (χ3n) is 4.26. The van der Waals surface area contributed by atoms with Crippen molar-refractivity contribution < 1.29 is 0 Å². The van der Waals surface area contributed by atoms with Gasteiger partial charge in [0.25, 0.3) is 0 Å². The zero-order chi connectivity index (χ0) is 17.9. The summed E-state index contributed by atoms with van der Waals surface area (Å²) in [4.78, 5) is 12.2. The second-order valence-corrected chi connectivity index (χ2v) is 6.41. The van der Waals surface area contributed by atoms with Gasteiger partial charge in [0, 0.05) is 6.42 Å². The van der Waals surface area contributed by atoms with E-state index in [-0.39, 0.29) is 11.2 Å². The van der Waals surface area contributed by atoms with E-state index in [1.54, 1.807) is 11.2 Å². The number of nitrogens with one attached hydrogen (secondary N) is 2. The molecule has 4 N–H and O–H groups in total. The summed E-state index contributed by atoms with van der Waals surface area (Å²) in [6.07, 6.45) is 2.45. The fourth-order valence-corrected chi connectivity index (χ4v) is 3.19. The highest BCUT2D eigenvalue weighted by Gasteiger charge is 2.31. The number of aromatic nitrogens is 2. The molecule has 1 aliphatic heterocycles. The highest BCUT2D eigenvalue weighted by molar-refractivity contribution is 7.80. The van der Waals surface area contributed by atoms with Crippen molar-refractivity contribution in [2.24, 2.45) is 10.7 Å². The first kappa shape index (κ1) is 16.3. The van der Waals surface area contributed by atoms with Gasteiger partial charge in [0.2, 0.25) is 5.95 Å². The van der Waals surface area contributed by atoms with Crippen molar-refractivity contribution >= 4 is 29.1 Å². The van der Waals surface area contributed by atoms with Crippen LogP contribution >= 0.6 is 12.2 Å². The predicted molar refractivity (Wildman–Crippen MR) is 107 cm³/mol. The number of hydrogen-bond donors (Lipinski definition) is 3. The Kier molecular flexibility index (Phi) is 4.37. The Morgan fingerprint density at radius 3 is 2.50 bits per heavy atom. The largest absolute Gasteiger partial charge is 0.375 e. The van der Waals surface area contributed by atoms with Crippen LogP contribution in [0.1, 0.15) is 18.0 Å². The Labute approximate surface area is 156 Å². The minimum Gasteiger partial charge on any atom is -0.375 e. The minimum absolute atomic E-state index is 0.0102. The first-order valence-electron chi connectivity index (χ1n) is 8.29. The highest BCUT2D eigenvalue weighted by Crippen LogP contribution is 2.29. The van der Waals surface area contributed by atoms with E-state index in [1.165, 1.54) is 0 Å². The summed E-state index contributed by atoms with van der Waals surface area (Å²) in [6, 6.07) is 20.1. The number of aliphatic imine (C=N–C) groups is 1. The van der Waals surface area contributed by atoms with Gasteiger partial charge >= 0.3 is 0 Å². The summed E-state index contributed by atoms with van der Waals surface area (Å²) in [5, 5.41) is 2.05. The van der Waals surface area contributed by atoms with Crippen LogP contribution < -0.4 is 11.2 Å². The Bertz CT molecular complexity index is 935. The van der Waals surface area contributed by atoms with Crippen LogP contribution in [0.2, 0.25) is 0 Å². The Morgan fingerprint density at radius 1 is 1.12 bits per heavy atom. The van der Waals surface area contributed by atoms with Crippen molar-refractivity contribution in [3.63, 3.8) is 0 Å². The van der Waals surface area contributed by atoms with Crippen LogP contribution in [0.4, 0.5) is 5.95 Å². The maximum absolute atomic E-state index is 5.88. The molecule has 7 heteroatoms. The van der Waals surface area contributed by atoms with Gasteiger partial charge in [0.1, 0.15) is 5.84 Å². The number of imidazole rings is 1. The van der Waals surface area contributed by atoms with Gasteiger partial charge in [-0.15, -0.1) is 0 Å². The SMILES string of the molecule is NC(=S)N1NC(=Nc2ncc(-c3ccccc3)[nH]2)C[C@@H]1c1ccccc1. The molecule has 3 aromatic rings. The molecule has 0 bridgehead atoms. The summed E-state index contributed by atoms with van der Waals surface area (Å²) < 4.78 is 0. The number of H-pyrrole nitrogens is 1. The lowest BCUT2D eigenvalue weighted by molar-refractivity contribution is 0.333. The zero-order valence-corrected chi connectivity index (χ0v) is 14.8. The van der Waals surface area contributed by atoms with Crippen LogP contribution in [0.5, 0.6) is 0 Å². The molecule has 0 radical (unpaired) electrons. The molecule has 0 unspecified atom stereocenters. The molecule has 2 heterocycles. The molecule has 1 atom stereocenters. The summed E-state index contributed by atoms with van der Waals surface area (Å²) in [5.41, 5.74) is 12.2. The number of hydrazine groups is 1. The smallest absolute Gasteiger partial charge is 0.229 e. The van der Waals surface area contributed by atoms with Crippen molar-refractivity contribution in [3.05, 3.63) is 72.4 Å². The van der Waals surface area contributed by atoms with Gasteiger partial charge in [-0.3, -0.25) is 10.4 Å². The molecule has 130 valence electrons. The maximum atomic E-state index is 5.88. The number of amidine groups is 1. The van der Waals surface area contributed by atoms with Gasteiger partial charge in [-0.05, 0) is 23.3 Å². The fraction of sp³-hybridized carbons (Fsp3) is 0.105. The van der Waals surface area contributed by atoms with Crippen molar-refractivity contribution in [1.82, 2.24) is 20.4 Å². The Morgan fingerprint density at radius 2 is 1.81 bits per heavy atom. The topological polar surface area (TPSA) is 82.3 Å². The minimum atomic E-state index is 0.0102. The summed E-state index contributed by atoms with van der Waals surface area (Å²) in [6.45, 7) is 0. The van der Waals surface area contributed by atoms with Crippen molar-refractivity contribution in [1.29, 1.82) is 0 Å². The highest BCUT2D eigenvalue weighted by atomic mass is 32.1. The van der Waals surface area contributed by atoms with E-state index in [2.05, 4.69) is 32.5 Å². The molecule has 26 heavy (non-hydrogen) atoms.